The van der Waals surface area contributed by atoms with Gasteiger partial charge in [-0.2, -0.15) is 0 Å². The fourth-order valence-corrected chi connectivity index (χ4v) is 4.40. The molecule has 0 saturated heterocycles. The first-order valence-corrected chi connectivity index (χ1v) is 7.61. The molecular weight excluding hydrogens is 246 g/mol. The Morgan fingerprint density at radius 1 is 1.24 bits per heavy atom. The zero-order valence-electron chi connectivity index (χ0n) is 10.8. The van der Waals surface area contributed by atoms with Crippen LogP contribution in [0.4, 0.5) is 0 Å². The minimum absolute atomic E-state index is 0.360. The summed E-state index contributed by atoms with van der Waals surface area (Å²) in [6.07, 6.45) is 1.13. The Balaban J connectivity index is 2.36. The number of hydrogen-bond acceptors (Lipinski definition) is 3. The van der Waals surface area contributed by atoms with Crippen LogP contribution >= 0.6 is 22.7 Å². The first-order chi connectivity index (χ1) is 8.15. The van der Waals surface area contributed by atoms with E-state index in [-0.39, 0.29) is 0 Å². The van der Waals surface area contributed by atoms with E-state index >= 15 is 0 Å². The molecule has 0 radical (unpaired) electrons. The summed E-state index contributed by atoms with van der Waals surface area (Å²) in [6.45, 7) is 6.60. The highest BCUT2D eigenvalue weighted by Crippen LogP contribution is 2.34. The average Bonchev–Trinajstić information content (AvgIpc) is 2.88. The molecule has 0 saturated carbocycles. The van der Waals surface area contributed by atoms with Crippen LogP contribution in [0, 0.1) is 13.8 Å². The van der Waals surface area contributed by atoms with Gasteiger partial charge in [0.15, 0.2) is 0 Å². The molecule has 0 aliphatic carbocycles. The number of hydrogen-bond donors (Lipinski definition) is 1. The second kappa shape index (κ2) is 5.34. The van der Waals surface area contributed by atoms with Gasteiger partial charge < -0.3 is 5.32 Å². The summed E-state index contributed by atoms with van der Waals surface area (Å²) >= 11 is 3.83. The van der Waals surface area contributed by atoms with Crippen molar-refractivity contribution in [2.45, 2.75) is 33.2 Å². The SMILES string of the molecule is CCc1ccc(C(NC)c2sc(C)cc2C)s1. The molecule has 92 valence electrons. The summed E-state index contributed by atoms with van der Waals surface area (Å²) in [4.78, 5) is 5.74. The van der Waals surface area contributed by atoms with Crippen LogP contribution in [0.3, 0.4) is 0 Å². The number of aryl methyl sites for hydroxylation is 3. The Kier molecular flexibility index (Phi) is 4.02. The largest absolute Gasteiger partial charge is 0.308 e. The molecule has 2 aromatic rings. The molecule has 2 aromatic heterocycles. The van der Waals surface area contributed by atoms with Gasteiger partial charge in [-0.25, -0.2) is 0 Å². The normalized spacial score (nSPS) is 12.9. The molecule has 0 spiro atoms. The number of thiophene rings is 2. The van der Waals surface area contributed by atoms with Crippen molar-refractivity contribution in [2.24, 2.45) is 0 Å². The van der Waals surface area contributed by atoms with Crippen molar-refractivity contribution in [3.63, 3.8) is 0 Å². The van der Waals surface area contributed by atoms with Gasteiger partial charge in [0.2, 0.25) is 0 Å². The van der Waals surface area contributed by atoms with E-state index in [1.807, 2.05) is 29.7 Å². The highest BCUT2D eigenvalue weighted by Gasteiger charge is 2.18. The van der Waals surface area contributed by atoms with Gasteiger partial charge >= 0.3 is 0 Å². The first-order valence-electron chi connectivity index (χ1n) is 5.98. The lowest BCUT2D eigenvalue weighted by molar-refractivity contribution is 0.712. The van der Waals surface area contributed by atoms with E-state index in [1.54, 1.807) is 0 Å². The lowest BCUT2D eigenvalue weighted by Crippen LogP contribution is -2.15. The van der Waals surface area contributed by atoms with E-state index < -0.39 is 0 Å². The maximum absolute atomic E-state index is 3.45. The van der Waals surface area contributed by atoms with Gasteiger partial charge in [-0.05, 0) is 51.1 Å². The Morgan fingerprint density at radius 3 is 2.47 bits per heavy atom. The van der Waals surface area contributed by atoms with Crippen molar-refractivity contribution in [1.82, 2.24) is 5.32 Å². The Morgan fingerprint density at radius 2 is 2.00 bits per heavy atom. The van der Waals surface area contributed by atoms with E-state index in [9.17, 15) is 0 Å². The summed E-state index contributed by atoms with van der Waals surface area (Å²) in [5, 5.41) is 3.45. The first kappa shape index (κ1) is 12.8. The van der Waals surface area contributed by atoms with E-state index in [4.69, 9.17) is 0 Å². The highest BCUT2D eigenvalue weighted by molar-refractivity contribution is 7.13. The molecule has 1 unspecified atom stereocenters. The molecule has 0 aromatic carbocycles. The van der Waals surface area contributed by atoms with E-state index in [1.165, 1.54) is 25.1 Å². The van der Waals surface area contributed by atoms with Crippen molar-refractivity contribution in [3.05, 3.63) is 43.3 Å². The minimum Gasteiger partial charge on any atom is -0.308 e. The highest BCUT2D eigenvalue weighted by atomic mass is 32.1. The third-order valence-electron chi connectivity index (χ3n) is 2.95. The van der Waals surface area contributed by atoms with Crippen LogP contribution in [-0.4, -0.2) is 7.05 Å². The van der Waals surface area contributed by atoms with Gasteiger partial charge in [0.1, 0.15) is 0 Å². The second-order valence-corrected chi connectivity index (χ2v) is 6.77. The topological polar surface area (TPSA) is 12.0 Å². The molecule has 0 aliphatic heterocycles. The lowest BCUT2D eigenvalue weighted by Gasteiger charge is -2.14. The molecule has 0 amide bonds. The van der Waals surface area contributed by atoms with Crippen LogP contribution in [0.25, 0.3) is 0 Å². The molecule has 3 heteroatoms. The molecule has 1 nitrogen and oxygen atoms in total. The van der Waals surface area contributed by atoms with Crippen LogP contribution in [-0.2, 0) is 6.42 Å². The maximum atomic E-state index is 3.45. The van der Waals surface area contributed by atoms with Crippen LogP contribution < -0.4 is 5.32 Å². The van der Waals surface area contributed by atoms with Gasteiger partial charge in [-0.3, -0.25) is 0 Å². The molecular formula is C14H19NS2. The average molecular weight is 265 g/mol. The molecule has 2 heterocycles. The third-order valence-corrected chi connectivity index (χ3v) is 5.46. The fourth-order valence-electron chi connectivity index (χ4n) is 2.09. The smallest absolute Gasteiger partial charge is 0.0765 e. The molecule has 17 heavy (non-hydrogen) atoms. The van der Waals surface area contributed by atoms with Crippen LogP contribution in [0.15, 0.2) is 18.2 Å². The molecule has 0 aliphatic rings. The van der Waals surface area contributed by atoms with Crippen molar-refractivity contribution in [3.8, 4) is 0 Å². The second-order valence-electron chi connectivity index (χ2n) is 4.28. The quantitative estimate of drug-likeness (QED) is 0.869. The zero-order chi connectivity index (χ0) is 12.4. The fraction of sp³-hybridized carbons (Fsp3) is 0.429. The van der Waals surface area contributed by atoms with Crippen molar-refractivity contribution in [1.29, 1.82) is 0 Å². The van der Waals surface area contributed by atoms with Crippen molar-refractivity contribution in [2.75, 3.05) is 7.05 Å². The van der Waals surface area contributed by atoms with Gasteiger partial charge in [0, 0.05) is 19.5 Å². The molecule has 1 N–H and O–H groups in total. The number of nitrogens with one attached hydrogen (secondary N) is 1. The van der Waals surface area contributed by atoms with Gasteiger partial charge in [-0.1, -0.05) is 6.92 Å². The maximum Gasteiger partial charge on any atom is 0.0765 e. The Hall–Kier alpha value is -0.640. The minimum atomic E-state index is 0.360. The van der Waals surface area contributed by atoms with E-state index in [0.717, 1.165) is 6.42 Å². The molecule has 2 rings (SSSR count). The molecule has 0 fully saturated rings. The third kappa shape index (κ3) is 2.62. The molecule has 1 atom stereocenters. The summed E-state index contributed by atoms with van der Waals surface area (Å²) in [6, 6.07) is 7.15. The summed E-state index contributed by atoms with van der Waals surface area (Å²) in [5.41, 5.74) is 1.40. The van der Waals surface area contributed by atoms with Gasteiger partial charge in [-0.15, -0.1) is 22.7 Å². The number of rotatable bonds is 4. The van der Waals surface area contributed by atoms with Crippen LogP contribution in [0.5, 0.6) is 0 Å². The van der Waals surface area contributed by atoms with Crippen molar-refractivity contribution >= 4 is 22.7 Å². The zero-order valence-corrected chi connectivity index (χ0v) is 12.5. The summed E-state index contributed by atoms with van der Waals surface area (Å²) < 4.78 is 0. The van der Waals surface area contributed by atoms with Crippen LogP contribution in [0.1, 0.15) is 38.0 Å². The van der Waals surface area contributed by atoms with E-state index in [0.29, 0.717) is 6.04 Å². The summed E-state index contributed by atoms with van der Waals surface area (Å²) in [7, 11) is 2.05. The predicted molar refractivity (Wildman–Crippen MR) is 78.4 cm³/mol. The van der Waals surface area contributed by atoms with Crippen LogP contribution in [0.2, 0.25) is 0 Å². The predicted octanol–water partition coefficient (Wildman–Crippen LogP) is 4.30. The summed E-state index contributed by atoms with van der Waals surface area (Å²) in [5.74, 6) is 0. The van der Waals surface area contributed by atoms with Gasteiger partial charge in [0.25, 0.3) is 0 Å². The van der Waals surface area contributed by atoms with Crippen molar-refractivity contribution < 1.29 is 0 Å². The molecule has 0 bridgehead atoms. The lowest BCUT2D eigenvalue weighted by atomic mass is 10.1. The van der Waals surface area contributed by atoms with E-state index in [2.05, 4.69) is 44.3 Å². The van der Waals surface area contributed by atoms with Gasteiger partial charge in [0.05, 0.1) is 6.04 Å². The Labute approximate surface area is 112 Å². The standard InChI is InChI=1S/C14H19NS2/c1-5-11-6-7-12(17-11)13(15-4)14-9(2)8-10(3)16-14/h6-8,13,15H,5H2,1-4H3. The Bertz CT molecular complexity index is 496. The monoisotopic (exact) mass is 265 g/mol.